The summed E-state index contributed by atoms with van der Waals surface area (Å²) in [6, 6.07) is 0. The lowest BCUT2D eigenvalue weighted by molar-refractivity contribution is 0.881. The maximum atomic E-state index is 4.20. The molecule has 0 radical (unpaired) electrons. The number of nitrogens with zero attached hydrogens (tertiary/aromatic N) is 1. The zero-order valence-corrected chi connectivity index (χ0v) is 8.22. The van der Waals surface area contributed by atoms with Gasteiger partial charge in [-0.15, -0.1) is 0 Å². The summed E-state index contributed by atoms with van der Waals surface area (Å²) >= 11 is 0. The van der Waals surface area contributed by atoms with Crippen molar-refractivity contribution in [2.45, 2.75) is 40.0 Å². The minimum atomic E-state index is 1.10. The highest BCUT2D eigenvalue weighted by Crippen LogP contribution is 2.14. The molecule has 0 aliphatic carbocycles. The topological polar surface area (TPSA) is 12.9 Å². The molecule has 0 aliphatic heterocycles. The Balaban J connectivity index is 3.02. The maximum Gasteiger partial charge on any atom is 0.0302 e. The van der Waals surface area contributed by atoms with Crippen LogP contribution in [0.2, 0.25) is 0 Å². The first kappa shape index (κ1) is 9.24. The molecule has 1 heterocycles. The lowest BCUT2D eigenvalue weighted by Crippen LogP contribution is -1.97. The lowest BCUT2D eigenvalue weighted by atomic mass is 9.99. The Labute approximate surface area is 74.8 Å². The van der Waals surface area contributed by atoms with Crippen molar-refractivity contribution < 1.29 is 0 Å². The van der Waals surface area contributed by atoms with Crippen molar-refractivity contribution in [3.05, 3.63) is 29.1 Å². The normalized spacial score (nSPS) is 10.2. The van der Waals surface area contributed by atoms with Gasteiger partial charge in [0, 0.05) is 12.4 Å². The van der Waals surface area contributed by atoms with E-state index in [1.807, 2.05) is 12.4 Å². The molecule has 1 rings (SSSR count). The second-order valence-corrected chi connectivity index (χ2v) is 3.20. The highest BCUT2D eigenvalue weighted by atomic mass is 14.6. The van der Waals surface area contributed by atoms with Gasteiger partial charge in [0.1, 0.15) is 0 Å². The number of aryl methyl sites for hydroxylation is 2. The summed E-state index contributed by atoms with van der Waals surface area (Å²) in [5.41, 5.74) is 4.27. The largest absolute Gasteiger partial charge is 0.264 e. The van der Waals surface area contributed by atoms with Crippen LogP contribution in [0.5, 0.6) is 0 Å². The molecule has 12 heavy (non-hydrogen) atoms. The van der Waals surface area contributed by atoms with Crippen LogP contribution in [0.15, 0.2) is 12.4 Å². The molecule has 1 aromatic rings. The van der Waals surface area contributed by atoms with Gasteiger partial charge in [0.15, 0.2) is 0 Å². The number of hydrogen-bond donors (Lipinski definition) is 0. The van der Waals surface area contributed by atoms with Crippen molar-refractivity contribution in [2.75, 3.05) is 0 Å². The molecule has 0 N–H and O–H groups in total. The number of pyridine rings is 1. The molecule has 1 heteroatoms. The Bertz CT molecular complexity index is 253. The first-order chi connectivity index (χ1) is 5.79. The second-order valence-electron chi connectivity index (χ2n) is 3.20. The van der Waals surface area contributed by atoms with Crippen LogP contribution in [0.3, 0.4) is 0 Å². The van der Waals surface area contributed by atoms with E-state index in [0.717, 1.165) is 6.42 Å². The molecule has 0 bridgehead atoms. The summed E-state index contributed by atoms with van der Waals surface area (Å²) < 4.78 is 0. The third kappa shape index (κ3) is 1.84. The van der Waals surface area contributed by atoms with Crippen LogP contribution in [0.25, 0.3) is 0 Å². The first-order valence-electron chi connectivity index (χ1n) is 4.72. The fraction of sp³-hybridized carbons (Fsp3) is 0.545. The Morgan fingerprint density at radius 3 is 2.58 bits per heavy atom. The van der Waals surface area contributed by atoms with Crippen LogP contribution in [0.1, 0.15) is 37.0 Å². The summed E-state index contributed by atoms with van der Waals surface area (Å²) in [5.74, 6) is 0. The minimum absolute atomic E-state index is 1.10. The van der Waals surface area contributed by atoms with E-state index < -0.39 is 0 Å². The smallest absolute Gasteiger partial charge is 0.0302 e. The Kier molecular flexibility index (Phi) is 3.27. The minimum Gasteiger partial charge on any atom is -0.264 e. The van der Waals surface area contributed by atoms with Crippen molar-refractivity contribution in [1.29, 1.82) is 0 Å². The Hall–Kier alpha value is -0.850. The molecule has 66 valence electrons. The van der Waals surface area contributed by atoms with Crippen molar-refractivity contribution in [2.24, 2.45) is 0 Å². The molecule has 1 nitrogen and oxygen atoms in total. The number of aromatic nitrogens is 1. The second kappa shape index (κ2) is 4.24. The molecule has 0 unspecified atom stereocenters. The number of hydrogen-bond acceptors (Lipinski definition) is 1. The van der Waals surface area contributed by atoms with Crippen LogP contribution in [-0.4, -0.2) is 4.98 Å². The highest BCUT2D eigenvalue weighted by molar-refractivity contribution is 5.30. The first-order valence-corrected chi connectivity index (χ1v) is 4.72. The zero-order valence-electron chi connectivity index (χ0n) is 8.22. The van der Waals surface area contributed by atoms with Crippen molar-refractivity contribution in [3.8, 4) is 0 Å². The van der Waals surface area contributed by atoms with Crippen LogP contribution >= 0.6 is 0 Å². The molecule has 1 aromatic heterocycles. The quantitative estimate of drug-likeness (QED) is 0.667. The molecule has 0 fully saturated rings. The SMILES string of the molecule is CCCc1c(C)cncc1CC. The van der Waals surface area contributed by atoms with Gasteiger partial charge in [0.05, 0.1) is 0 Å². The molecule has 0 aliphatic rings. The van der Waals surface area contributed by atoms with Gasteiger partial charge in [0.2, 0.25) is 0 Å². The van der Waals surface area contributed by atoms with E-state index in [4.69, 9.17) is 0 Å². The fourth-order valence-electron chi connectivity index (χ4n) is 1.56. The van der Waals surface area contributed by atoms with Crippen molar-refractivity contribution in [3.63, 3.8) is 0 Å². The maximum absolute atomic E-state index is 4.20. The van der Waals surface area contributed by atoms with E-state index >= 15 is 0 Å². The van der Waals surface area contributed by atoms with Gasteiger partial charge < -0.3 is 0 Å². The lowest BCUT2D eigenvalue weighted by Gasteiger charge is -2.08. The van der Waals surface area contributed by atoms with Crippen molar-refractivity contribution >= 4 is 0 Å². The van der Waals surface area contributed by atoms with Crippen LogP contribution in [0, 0.1) is 6.92 Å². The molecule has 0 spiro atoms. The molecular weight excluding hydrogens is 146 g/mol. The van der Waals surface area contributed by atoms with E-state index in [0.29, 0.717) is 0 Å². The van der Waals surface area contributed by atoms with Gasteiger partial charge in [-0.1, -0.05) is 20.3 Å². The third-order valence-electron chi connectivity index (χ3n) is 2.24. The van der Waals surface area contributed by atoms with E-state index in [9.17, 15) is 0 Å². The molecular formula is C11H17N. The van der Waals surface area contributed by atoms with Gasteiger partial charge in [-0.3, -0.25) is 4.98 Å². The monoisotopic (exact) mass is 163 g/mol. The van der Waals surface area contributed by atoms with Crippen molar-refractivity contribution in [1.82, 2.24) is 4.98 Å². The van der Waals surface area contributed by atoms with Gasteiger partial charge in [0.25, 0.3) is 0 Å². The summed E-state index contributed by atoms with van der Waals surface area (Å²) in [6.45, 7) is 6.56. The molecule has 0 saturated carbocycles. The summed E-state index contributed by atoms with van der Waals surface area (Å²) in [6.07, 6.45) is 7.47. The zero-order chi connectivity index (χ0) is 8.97. The van der Waals surface area contributed by atoms with E-state index in [1.54, 1.807) is 0 Å². The Morgan fingerprint density at radius 1 is 1.25 bits per heavy atom. The molecule has 0 saturated heterocycles. The van der Waals surface area contributed by atoms with Crippen LogP contribution < -0.4 is 0 Å². The highest BCUT2D eigenvalue weighted by Gasteiger charge is 2.02. The van der Waals surface area contributed by atoms with Gasteiger partial charge in [-0.25, -0.2) is 0 Å². The predicted octanol–water partition coefficient (Wildman–Crippen LogP) is 2.90. The summed E-state index contributed by atoms with van der Waals surface area (Å²) in [4.78, 5) is 4.20. The van der Waals surface area contributed by atoms with Crippen LogP contribution in [-0.2, 0) is 12.8 Å². The van der Waals surface area contributed by atoms with E-state index in [-0.39, 0.29) is 0 Å². The summed E-state index contributed by atoms with van der Waals surface area (Å²) in [7, 11) is 0. The van der Waals surface area contributed by atoms with E-state index in [1.165, 1.54) is 29.5 Å². The average molecular weight is 163 g/mol. The fourth-order valence-corrected chi connectivity index (χ4v) is 1.56. The molecule has 0 amide bonds. The number of rotatable bonds is 3. The molecule has 0 aromatic carbocycles. The van der Waals surface area contributed by atoms with Gasteiger partial charge in [-0.05, 0) is 36.5 Å². The Morgan fingerprint density at radius 2 is 2.00 bits per heavy atom. The van der Waals surface area contributed by atoms with Gasteiger partial charge >= 0.3 is 0 Å². The van der Waals surface area contributed by atoms with Gasteiger partial charge in [-0.2, -0.15) is 0 Å². The van der Waals surface area contributed by atoms with E-state index in [2.05, 4.69) is 25.8 Å². The average Bonchev–Trinajstić information content (AvgIpc) is 2.09. The summed E-state index contributed by atoms with van der Waals surface area (Å²) in [5, 5.41) is 0. The third-order valence-corrected chi connectivity index (χ3v) is 2.24. The predicted molar refractivity (Wildman–Crippen MR) is 52.3 cm³/mol. The van der Waals surface area contributed by atoms with Crippen LogP contribution in [0.4, 0.5) is 0 Å². The molecule has 0 atom stereocenters. The standard InChI is InChI=1S/C11H17N/c1-4-6-11-9(3)7-12-8-10(11)5-2/h7-8H,4-6H2,1-3H3.